The first-order valence-corrected chi connectivity index (χ1v) is 6.28. The summed E-state index contributed by atoms with van der Waals surface area (Å²) in [4.78, 5) is 14.4. The van der Waals surface area contributed by atoms with Crippen molar-refractivity contribution < 1.29 is 9.53 Å². The monoisotopic (exact) mass is 226 g/mol. The van der Waals surface area contributed by atoms with Gasteiger partial charge in [-0.05, 0) is 33.0 Å². The molecule has 0 aromatic carbocycles. The van der Waals surface area contributed by atoms with Crippen molar-refractivity contribution in [3.05, 3.63) is 0 Å². The van der Waals surface area contributed by atoms with Crippen molar-refractivity contribution in [2.45, 2.75) is 25.3 Å². The summed E-state index contributed by atoms with van der Waals surface area (Å²) in [5.41, 5.74) is 0. The molecule has 2 rings (SSSR count). The smallest absolute Gasteiger partial charge is 0.137 e. The van der Waals surface area contributed by atoms with E-state index in [0.29, 0.717) is 24.7 Å². The van der Waals surface area contributed by atoms with Crippen molar-refractivity contribution in [2.75, 3.05) is 39.9 Å². The van der Waals surface area contributed by atoms with E-state index in [4.69, 9.17) is 4.74 Å². The SMILES string of the molecule is CN1CCC(C(=O)CC2COCCN2)CC1. The maximum atomic E-state index is 12.1. The predicted molar refractivity (Wildman–Crippen MR) is 62.5 cm³/mol. The number of likely N-dealkylation sites (tertiary alicyclic amines) is 1. The number of morpholine rings is 1. The van der Waals surface area contributed by atoms with E-state index >= 15 is 0 Å². The highest BCUT2D eigenvalue weighted by Gasteiger charge is 2.26. The van der Waals surface area contributed by atoms with Crippen molar-refractivity contribution in [3.63, 3.8) is 0 Å². The van der Waals surface area contributed by atoms with Gasteiger partial charge in [0.15, 0.2) is 0 Å². The molecular formula is C12H22N2O2. The molecule has 16 heavy (non-hydrogen) atoms. The van der Waals surface area contributed by atoms with Gasteiger partial charge in [-0.25, -0.2) is 0 Å². The van der Waals surface area contributed by atoms with E-state index in [1.165, 1.54) is 0 Å². The first kappa shape index (κ1) is 12.0. The van der Waals surface area contributed by atoms with Gasteiger partial charge >= 0.3 is 0 Å². The minimum atomic E-state index is 0.251. The van der Waals surface area contributed by atoms with E-state index < -0.39 is 0 Å². The number of nitrogens with one attached hydrogen (secondary N) is 1. The maximum absolute atomic E-state index is 12.1. The third kappa shape index (κ3) is 3.27. The summed E-state index contributed by atoms with van der Waals surface area (Å²) in [5.74, 6) is 0.719. The van der Waals surface area contributed by atoms with Gasteiger partial charge in [-0.15, -0.1) is 0 Å². The van der Waals surface area contributed by atoms with Crippen LogP contribution in [0.5, 0.6) is 0 Å². The highest BCUT2D eigenvalue weighted by Crippen LogP contribution is 2.19. The van der Waals surface area contributed by atoms with Crippen molar-refractivity contribution >= 4 is 5.78 Å². The Morgan fingerprint density at radius 1 is 1.44 bits per heavy atom. The average Bonchev–Trinajstić information content (AvgIpc) is 2.31. The molecule has 0 amide bonds. The highest BCUT2D eigenvalue weighted by atomic mass is 16.5. The maximum Gasteiger partial charge on any atom is 0.137 e. The van der Waals surface area contributed by atoms with Gasteiger partial charge in [-0.1, -0.05) is 0 Å². The van der Waals surface area contributed by atoms with Crippen LogP contribution in [0.1, 0.15) is 19.3 Å². The second kappa shape index (κ2) is 5.75. The molecule has 2 fully saturated rings. The lowest BCUT2D eigenvalue weighted by molar-refractivity contribution is -0.125. The Labute approximate surface area is 97.3 Å². The minimum absolute atomic E-state index is 0.251. The molecule has 0 saturated carbocycles. The van der Waals surface area contributed by atoms with Gasteiger partial charge in [0, 0.05) is 24.9 Å². The number of carbonyl (C=O) groups excluding carboxylic acids is 1. The lowest BCUT2D eigenvalue weighted by Crippen LogP contribution is -2.44. The summed E-state index contributed by atoms with van der Waals surface area (Å²) in [7, 11) is 2.12. The number of nitrogens with zero attached hydrogens (tertiary/aromatic N) is 1. The third-order valence-corrected chi connectivity index (χ3v) is 3.62. The number of piperidine rings is 1. The molecule has 1 N–H and O–H groups in total. The van der Waals surface area contributed by atoms with Gasteiger partial charge in [0.25, 0.3) is 0 Å². The molecular weight excluding hydrogens is 204 g/mol. The Morgan fingerprint density at radius 2 is 2.19 bits per heavy atom. The summed E-state index contributed by atoms with van der Waals surface area (Å²) in [5, 5.41) is 3.34. The van der Waals surface area contributed by atoms with Gasteiger partial charge in [0.05, 0.1) is 13.2 Å². The summed E-state index contributed by atoms with van der Waals surface area (Å²) in [6.07, 6.45) is 2.71. The number of hydrogen-bond donors (Lipinski definition) is 1. The normalized spacial score (nSPS) is 29.2. The molecule has 4 heteroatoms. The van der Waals surface area contributed by atoms with Crippen LogP contribution in [-0.2, 0) is 9.53 Å². The fourth-order valence-corrected chi connectivity index (χ4v) is 2.49. The molecule has 2 saturated heterocycles. The zero-order valence-corrected chi connectivity index (χ0v) is 10.1. The standard InChI is InChI=1S/C12H22N2O2/c1-14-5-2-10(3-6-14)12(15)8-11-9-16-7-4-13-11/h10-11,13H,2-9H2,1H3. The van der Waals surface area contributed by atoms with E-state index in [0.717, 1.165) is 39.1 Å². The molecule has 4 nitrogen and oxygen atoms in total. The highest BCUT2D eigenvalue weighted by molar-refractivity contribution is 5.81. The Hall–Kier alpha value is -0.450. The largest absolute Gasteiger partial charge is 0.379 e. The van der Waals surface area contributed by atoms with E-state index in [1.807, 2.05) is 0 Å². The number of ketones is 1. The van der Waals surface area contributed by atoms with Crippen LogP contribution in [0.15, 0.2) is 0 Å². The summed E-state index contributed by atoms with van der Waals surface area (Å²) in [6, 6.07) is 0.251. The summed E-state index contributed by atoms with van der Waals surface area (Å²) in [6.45, 7) is 4.47. The van der Waals surface area contributed by atoms with Crippen LogP contribution < -0.4 is 5.32 Å². The first-order chi connectivity index (χ1) is 7.75. The van der Waals surface area contributed by atoms with Crippen molar-refractivity contribution in [3.8, 4) is 0 Å². The van der Waals surface area contributed by atoms with Crippen LogP contribution in [0.2, 0.25) is 0 Å². The van der Waals surface area contributed by atoms with Crippen LogP contribution in [0, 0.1) is 5.92 Å². The molecule has 1 unspecified atom stereocenters. The Morgan fingerprint density at radius 3 is 2.81 bits per heavy atom. The zero-order valence-electron chi connectivity index (χ0n) is 10.1. The van der Waals surface area contributed by atoms with Gasteiger partial charge in [-0.2, -0.15) is 0 Å². The Kier molecular flexibility index (Phi) is 4.32. The molecule has 0 aromatic heterocycles. The molecule has 2 aliphatic heterocycles. The lowest BCUT2D eigenvalue weighted by Gasteiger charge is -2.30. The molecule has 0 bridgehead atoms. The lowest BCUT2D eigenvalue weighted by atomic mass is 9.89. The Balaban J connectivity index is 1.74. The predicted octanol–water partition coefficient (Wildman–Crippen LogP) is 0.276. The quantitative estimate of drug-likeness (QED) is 0.750. The fourth-order valence-electron chi connectivity index (χ4n) is 2.49. The number of rotatable bonds is 3. The molecule has 0 radical (unpaired) electrons. The minimum Gasteiger partial charge on any atom is -0.379 e. The van der Waals surface area contributed by atoms with E-state index in [9.17, 15) is 4.79 Å². The van der Waals surface area contributed by atoms with Crippen molar-refractivity contribution in [1.29, 1.82) is 0 Å². The summed E-state index contributed by atoms with van der Waals surface area (Å²) < 4.78 is 5.36. The van der Waals surface area contributed by atoms with Crippen LogP contribution in [0.3, 0.4) is 0 Å². The third-order valence-electron chi connectivity index (χ3n) is 3.62. The van der Waals surface area contributed by atoms with Crippen LogP contribution in [-0.4, -0.2) is 56.6 Å². The van der Waals surface area contributed by atoms with E-state index in [2.05, 4.69) is 17.3 Å². The zero-order chi connectivity index (χ0) is 11.4. The van der Waals surface area contributed by atoms with Gasteiger partial charge in [0.1, 0.15) is 5.78 Å². The second-order valence-corrected chi connectivity index (χ2v) is 4.97. The van der Waals surface area contributed by atoms with Gasteiger partial charge in [-0.3, -0.25) is 4.79 Å². The number of Topliss-reactive ketones (excluding diaryl/α,β-unsaturated/α-hetero) is 1. The van der Waals surface area contributed by atoms with Gasteiger partial charge < -0.3 is 15.0 Å². The van der Waals surface area contributed by atoms with E-state index in [-0.39, 0.29) is 6.04 Å². The molecule has 0 aromatic rings. The second-order valence-electron chi connectivity index (χ2n) is 4.97. The van der Waals surface area contributed by atoms with Gasteiger partial charge in [0.2, 0.25) is 0 Å². The number of carbonyl (C=O) groups is 1. The topological polar surface area (TPSA) is 41.6 Å². The average molecular weight is 226 g/mol. The summed E-state index contributed by atoms with van der Waals surface area (Å²) >= 11 is 0. The number of ether oxygens (including phenoxy) is 1. The molecule has 2 heterocycles. The number of hydrogen-bond acceptors (Lipinski definition) is 4. The van der Waals surface area contributed by atoms with Crippen LogP contribution in [0.4, 0.5) is 0 Å². The Bertz CT molecular complexity index is 231. The van der Waals surface area contributed by atoms with Crippen molar-refractivity contribution in [1.82, 2.24) is 10.2 Å². The fraction of sp³-hybridized carbons (Fsp3) is 0.917. The molecule has 0 spiro atoms. The van der Waals surface area contributed by atoms with Crippen LogP contribution >= 0.6 is 0 Å². The molecule has 1 atom stereocenters. The first-order valence-electron chi connectivity index (χ1n) is 6.28. The molecule has 92 valence electrons. The van der Waals surface area contributed by atoms with E-state index in [1.54, 1.807) is 0 Å². The molecule has 2 aliphatic rings. The van der Waals surface area contributed by atoms with Crippen LogP contribution in [0.25, 0.3) is 0 Å². The molecule has 0 aliphatic carbocycles. The van der Waals surface area contributed by atoms with Crippen molar-refractivity contribution in [2.24, 2.45) is 5.92 Å².